The normalized spacial score (nSPS) is 14.3. The van der Waals surface area contributed by atoms with Gasteiger partial charge in [0.25, 0.3) is 5.91 Å². The summed E-state index contributed by atoms with van der Waals surface area (Å²) in [6.07, 6.45) is 1.77. The molecule has 2 aromatic carbocycles. The Kier molecular flexibility index (Phi) is 6.26. The largest absolute Gasteiger partial charge is 0.351 e. The van der Waals surface area contributed by atoms with Gasteiger partial charge in [-0.15, -0.1) is 0 Å². The van der Waals surface area contributed by atoms with Crippen molar-refractivity contribution in [2.24, 2.45) is 0 Å². The van der Waals surface area contributed by atoms with Crippen LogP contribution in [0.25, 0.3) is 0 Å². The van der Waals surface area contributed by atoms with E-state index in [1.54, 1.807) is 12.1 Å². The van der Waals surface area contributed by atoms with Gasteiger partial charge >= 0.3 is 0 Å². The molecule has 2 aromatic rings. The number of hydrogen-bond donors (Lipinski definition) is 2. The maximum absolute atomic E-state index is 12.2. The molecule has 0 unspecified atom stereocenters. The molecule has 0 aromatic heterocycles. The third kappa shape index (κ3) is 5.89. The van der Waals surface area contributed by atoms with Crippen molar-refractivity contribution in [3.63, 3.8) is 0 Å². The van der Waals surface area contributed by atoms with Gasteiger partial charge in [0.15, 0.2) is 0 Å². The third-order valence-corrected chi connectivity index (χ3v) is 5.94. The topological polar surface area (TPSA) is 78.5 Å². The quantitative estimate of drug-likeness (QED) is 0.690. The van der Waals surface area contributed by atoms with Gasteiger partial charge in [0, 0.05) is 31.2 Å². The first-order valence-electron chi connectivity index (χ1n) is 9.07. The standard InChI is InChI=1S/C20H25N3O3S/c1-23(15-16-5-3-2-4-6-16)14-13-21-20(24)17-7-11-19(12-8-17)27(25,26)22-18-9-10-18/h2-8,11-12,18,22H,9-10,13-15H2,1H3,(H,21,24). The lowest BCUT2D eigenvalue weighted by atomic mass is 10.2. The number of benzene rings is 2. The molecule has 0 aliphatic heterocycles. The summed E-state index contributed by atoms with van der Waals surface area (Å²) in [7, 11) is -1.48. The fraction of sp³-hybridized carbons (Fsp3) is 0.350. The second-order valence-corrected chi connectivity index (χ2v) is 8.61. The number of carbonyl (C=O) groups excluding carboxylic acids is 1. The van der Waals surface area contributed by atoms with E-state index in [-0.39, 0.29) is 16.8 Å². The highest BCUT2D eigenvalue weighted by molar-refractivity contribution is 7.89. The lowest BCUT2D eigenvalue weighted by molar-refractivity contribution is 0.0949. The summed E-state index contributed by atoms with van der Waals surface area (Å²) in [5.74, 6) is -0.206. The lowest BCUT2D eigenvalue weighted by Gasteiger charge is -2.17. The summed E-state index contributed by atoms with van der Waals surface area (Å²) >= 11 is 0. The Morgan fingerprint density at radius 3 is 2.37 bits per heavy atom. The van der Waals surface area contributed by atoms with E-state index in [1.807, 2.05) is 25.2 Å². The Balaban J connectivity index is 1.46. The van der Waals surface area contributed by atoms with Gasteiger partial charge in [-0.3, -0.25) is 4.79 Å². The molecule has 1 aliphatic carbocycles. The highest BCUT2D eigenvalue weighted by Gasteiger charge is 2.27. The molecule has 0 atom stereocenters. The van der Waals surface area contributed by atoms with Gasteiger partial charge in [-0.1, -0.05) is 30.3 Å². The third-order valence-electron chi connectivity index (χ3n) is 4.40. The van der Waals surface area contributed by atoms with Crippen molar-refractivity contribution < 1.29 is 13.2 Å². The molecule has 27 heavy (non-hydrogen) atoms. The molecular formula is C20H25N3O3S. The molecule has 0 bridgehead atoms. The van der Waals surface area contributed by atoms with Crippen molar-refractivity contribution in [3.05, 3.63) is 65.7 Å². The lowest BCUT2D eigenvalue weighted by Crippen LogP contribution is -2.32. The van der Waals surface area contributed by atoms with Crippen LogP contribution in [-0.4, -0.2) is 45.4 Å². The molecule has 7 heteroatoms. The van der Waals surface area contributed by atoms with E-state index in [9.17, 15) is 13.2 Å². The Morgan fingerprint density at radius 1 is 1.07 bits per heavy atom. The SMILES string of the molecule is CN(CCNC(=O)c1ccc(S(=O)(=O)NC2CC2)cc1)Cc1ccccc1. The molecule has 1 amide bonds. The average Bonchev–Trinajstić information content (AvgIpc) is 3.46. The van der Waals surface area contributed by atoms with E-state index in [1.165, 1.54) is 17.7 Å². The van der Waals surface area contributed by atoms with Crippen molar-refractivity contribution >= 4 is 15.9 Å². The smallest absolute Gasteiger partial charge is 0.251 e. The molecule has 1 aliphatic rings. The monoisotopic (exact) mass is 387 g/mol. The van der Waals surface area contributed by atoms with Crippen LogP contribution in [0.15, 0.2) is 59.5 Å². The molecule has 3 rings (SSSR count). The van der Waals surface area contributed by atoms with Crippen molar-refractivity contribution in [2.45, 2.75) is 30.3 Å². The molecule has 0 radical (unpaired) electrons. The first kappa shape index (κ1) is 19.5. The summed E-state index contributed by atoms with van der Waals surface area (Å²) in [6, 6.07) is 16.3. The van der Waals surface area contributed by atoms with E-state index in [0.29, 0.717) is 12.1 Å². The second-order valence-electron chi connectivity index (χ2n) is 6.90. The van der Waals surface area contributed by atoms with Crippen LogP contribution in [0, 0.1) is 0 Å². The fourth-order valence-corrected chi connectivity index (χ4v) is 4.02. The van der Waals surface area contributed by atoms with Crippen molar-refractivity contribution in [1.82, 2.24) is 14.9 Å². The predicted octanol–water partition coefficient (Wildman–Crippen LogP) is 1.99. The summed E-state index contributed by atoms with van der Waals surface area (Å²) in [5, 5.41) is 2.87. The molecular weight excluding hydrogens is 362 g/mol. The van der Waals surface area contributed by atoms with E-state index >= 15 is 0 Å². The van der Waals surface area contributed by atoms with Crippen LogP contribution >= 0.6 is 0 Å². The average molecular weight is 388 g/mol. The summed E-state index contributed by atoms with van der Waals surface area (Å²) in [6.45, 7) is 2.06. The number of amides is 1. The van der Waals surface area contributed by atoms with Gasteiger partial charge in [0.05, 0.1) is 4.90 Å². The maximum atomic E-state index is 12.2. The Bertz CT molecular complexity index is 863. The first-order valence-corrected chi connectivity index (χ1v) is 10.6. The van der Waals surface area contributed by atoms with Gasteiger partial charge in [-0.25, -0.2) is 13.1 Å². The highest BCUT2D eigenvalue weighted by Crippen LogP contribution is 2.22. The first-order chi connectivity index (χ1) is 12.9. The predicted molar refractivity (Wildman–Crippen MR) is 105 cm³/mol. The van der Waals surface area contributed by atoms with Crippen LogP contribution in [0.2, 0.25) is 0 Å². The number of nitrogens with one attached hydrogen (secondary N) is 2. The molecule has 6 nitrogen and oxygen atoms in total. The number of hydrogen-bond acceptors (Lipinski definition) is 4. The minimum absolute atomic E-state index is 0.0610. The number of nitrogens with zero attached hydrogens (tertiary/aromatic N) is 1. The fourth-order valence-electron chi connectivity index (χ4n) is 2.71. The summed E-state index contributed by atoms with van der Waals surface area (Å²) in [4.78, 5) is 14.6. The zero-order valence-corrected chi connectivity index (χ0v) is 16.2. The summed E-state index contributed by atoms with van der Waals surface area (Å²) < 4.78 is 26.9. The maximum Gasteiger partial charge on any atom is 0.251 e. The van der Waals surface area contributed by atoms with Gasteiger partial charge in [-0.2, -0.15) is 0 Å². The van der Waals surface area contributed by atoms with Crippen LogP contribution in [0.4, 0.5) is 0 Å². The molecule has 0 heterocycles. The Labute approximate surface area is 160 Å². The number of carbonyl (C=O) groups is 1. The minimum atomic E-state index is -3.49. The molecule has 0 spiro atoms. The zero-order chi connectivity index (χ0) is 19.3. The minimum Gasteiger partial charge on any atom is -0.351 e. The second kappa shape index (κ2) is 8.65. The van der Waals surface area contributed by atoms with Crippen molar-refractivity contribution in [2.75, 3.05) is 20.1 Å². The van der Waals surface area contributed by atoms with Gasteiger partial charge in [-0.05, 0) is 49.7 Å². The number of sulfonamides is 1. The van der Waals surface area contributed by atoms with Gasteiger partial charge in [0.2, 0.25) is 10.0 Å². The molecule has 1 fully saturated rings. The van der Waals surface area contributed by atoms with Crippen LogP contribution in [0.3, 0.4) is 0 Å². The Hall–Kier alpha value is -2.22. The van der Waals surface area contributed by atoms with Crippen LogP contribution in [-0.2, 0) is 16.6 Å². The Morgan fingerprint density at radius 2 is 1.74 bits per heavy atom. The molecule has 1 saturated carbocycles. The molecule has 144 valence electrons. The van der Waals surface area contributed by atoms with Crippen molar-refractivity contribution in [3.8, 4) is 0 Å². The van der Waals surface area contributed by atoms with Gasteiger partial charge in [0.1, 0.15) is 0 Å². The van der Waals surface area contributed by atoms with E-state index in [0.717, 1.165) is 25.9 Å². The van der Waals surface area contributed by atoms with Crippen LogP contribution < -0.4 is 10.0 Å². The zero-order valence-electron chi connectivity index (χ0n) is 15.4. The summed E-state index contributed by atoms with van der Waals surface area (Å²) in [5.41, 5.74) is 1.68. The van der Waals surface area contributed by atoms with E-state index in [2.05, 4.69) is 27.1 Å². The van der Waals surface area contributed by atoms with Crippen molar-refractivity contribution in [1.29, 1.82) is 0 Å². The van der Waals surface area contributed by atoms with Crippen LogP contribution in [0.1, 0.15) is 28.8 Å². The number of likely N-dealkylation sites (N-methyl/N-ethyl adjacent to an activating group) is 1. The van der Waals surface area contributed by atoms with E-state index in [4.69, 9.17) is 0 Å². The molecule has 0 saturated heterocycles. The molecule has 2 N–H and O–H groups in total. The van der Waals surface area contributed by atoms with Crippen LogP contribution in [0.5, 0.6) is 0 Å². The highest BCUT2D eigenvalue weighted by atomic mass is 32.2. The number of rotatable bonds is 9. The van der Waals surface area contributed by atoms with E-state index < -0.39 is 10.0 Å². The van der Waals surface area contributed by atoms with Gasteiger partial charge < -0.3 is 10.2 Å².